The van der Waals surface area contributed by atoms with E-state index in [4.69, 9.17) is 9.52 Å². The number of carbonyl (C=O) groups is 1. The normalized spacial score (nSPS) is 11.9. The Morgan fingerprint density at radius 2 is 2.11 bits per heavy atom. The van der Waals surface area contributed by atoms with E-state index in [0.29, 0.717) is 12.3 Å². The molecule has 0 aliphatic carbocycles. The standard InChI is InChI=1S/C14H17NO3/c1-14(2,3)13-15-10-8-9(5-7-12(16)17)4-6-11(10)18-13/h4,6,8H,5,7H2,1-3H3,(H,16,17). The highest BCUT2D eigenvalue weighted by atomic mass is 16.4. The molecule has 18 heavy (non-hydrogen) atoms. The molecule has 1 N–H and O–H groups in total. The topological polar surface area (TPSA) is 63.3 Å². The van der Waals surface area contributed by atoms with Crippen LogP contribution in [0, 0.1) is 0 Å². The van der Waals surface area contributed by atoms with Crippen LogP contribution in [-0.4, -0.2) is 16.1 Å². The zero-order valence-corrected chi connectivity index (χ0v) is 10.9. The molecule has 0 unspecified atom stereocenters. The smallest absolute Gasteiger partial charge is 0.303 e. The van der Waals surface area contributed by atoms with Gasteiger partial charge in [-0.05, 0) is 24.1 Å². The highest BCUT2D eigenvalue weighted by molar-refractivity contribution is 5.74. The number of carboxylic acids is 1. The van der Waals surface area contributed by atoms with Crippen molar-refractivity contribution in [2.45, 2.75) is 39.0 Å². The quantitative estimate of drug-likeness (QED) is 0.905. The fourth-order valence-electron chi connectivity index (χ4n) is 1.70. The number of benzene rings is 1. The van der Waals surface area contributed by atoms with Crippen LogP contribution in [0.5, 0.6) is 0 Å². The lowest BCUT2D eigenvalue weighted by Gasteiger charge is -2.11. The van der Waals surface area contributed by atoms with Gasteiger partial charge in [-0.1, -0.05) is 26.8 Å². The average Bonchev–Trinajstić information content (AvgIpc) is 2.68. The molecule has 1 aromatic carbocycles. The first kappa shape index (κ1) is 12.6. The molecule has 0 bridgehead atoms. The van der Waals surface area contributed by atoms with Gasteiger partial charge in [0.25, 0.3) is 0 Å². The summed E-state index contributed by atoms with van der Waals surface area (Å²) in [5.41, 5.74) is 2.39. The summed E-state index contributed by atoms with van der Waals surface area (Å²) in [7, 11) is 0. The molecule has 0 spiro atoms. The van der Waals surface area contributed by atoms with Crippen LogP contribution in [0.25, 0.3) is 11.1 Å². The minimum atomic E-state index is -0.786. The van der Waals surface area contributed by atoms with E-state index in [1.54, 1.807) is 0 Å². The molecule has 1 heterocycles. The van der Waals surface area contributed by atoms with Crippen molar-refractivity contribution in [3.63, 3.8) is 0 Å². The van der Waals surface area contributed by atoms with Crippen molar-refractivity contribution < 1.29 is 14.3 Å². The van der Waals surface area contributed by atoms with Crippen LogP contribution in [0.15, 0.2) is 22.6 Å². The maximum Gasteiger partial charge on any atom is 0.303 e. The number of carboxylic acid groups (broad SMARTS) is 1. The van der Waals surface area contributed by atoms with Gasteiger partial charge in [-0.25, -0.2) is 4.98 Å². The maximum absolute atomic E-state index is 10.5. The third kappa shape index (κ3) is 2.70. The minimum absolute atomic E-state index is 0.125. The molecule has 0 aliphatic rings. The predicted molar refractivity (Wildman–Crippen MR) is 68.7 cm³/mol. The first-order chi connectivity index (χ1) is 8.36. The van der Waals surface area contributed by atoms with E-state index < -0.39 is 5.97 Å². The monoisotopic (exact) mass is 247 g/mol. The van der Waals surface area contributed by atoms with E-state index in [1.807, 2.05) is 39.0 Å². The number of aliphatic carboxylic acids is 1. The van der Waals surface area contributed by atoms with Gasteiger partial charge in [-0.3, -0.25) is 4.79 Å². The largest absolute Gasteiger partial charge is 0.481 e. The second-order valence-electron chi connectivity index (χ2n) is 5.46. The van der Waals surface area contributed by atoms with Crippen molar-refractivity contribution in [3.8, 4) is 0 Å². The average molecular weight is 247 g/mol. The summed E-state index contributed by atoms with van der Waals surface area (Å²) in [5.74, 6) is -0.0847. The number of oxazole rings is 1. The summed E-state index contributed by atoms with van der Waals surface area (Å²) in [6, 6.07) is 5.65. The molecule has 4 nitrogen and oxygen atoms in total. The number of aryl methyl sites for hydroxylation is 1. The van der Waals surface area contributed by atoms with Crippen LogP contribution >= 0.6 is 0 Å². The van der Waals surface area contributed by atoms with Gasteiger partial charge in [-0.15, -0.1) is 0 Å². The highest BCUT2D eigenvalue weighted by Gasteiger charge is 2.20. The Labute approximate surface area is 106 Å². The molecule has 0 saturated heterocycles. The summed E-state index contributed by atoms with van der Waals surface area (Å²) in [6.07, 6.45) is 0.651. The number of aromatic nitrogens is 1. The van der Waals surface area contributed by atoms with Crippen molar-refractivity contribution in [1.29, 1.82) is 0 Å². The zero-order chi connectivity index (χ0) is 13.3. The predicted octanol–water partition coefficient (Wildman–Crippen LogP) is 3.14. The van der Waals surface area contributed by atoms with Crippen molar-refractivity contribution in [2.75, 3.05) is 0 Å². The summed E-state index contributed by atoms with van der Waals surface area (Å²) in [5, 5.41) is 8.66. The Morgan fingerprint density at radius 3 is 2.72 bits per heavy atom. The van der Waals surface area contributed by atoms with E-state index in [1.165, 1.54) is 0 Å². The molecule has 0 saturated carbocycles. The van der Waals surface area contributed by atoms with Gasteiger partial charge in [0.15, 0.2) is 5.58 Å². The van der Waals surface area contributed by atoms with Gasteiger partial charge in [0.2, 0.25) is 5.89 Å². The van der Waals surface area contributed by atoms with Crippen LogP contribution in [-0.2, 0) is 16.6 Å². The summed E-state index contributed by atoms with van der Waals surface area (Å²) >= 11 is 0. The van der Waals surface area contributed by atoms with Gasteiger partial charge in [0.1, 0.15) is 5.52 Å². The molecule has 0 atom stereocenters. The van der Waals surface area contributed by atoms with Crippen LogP contribution in [0.3, 0.4) is 0 Å². The van der Waals surface area contributed by atoms with Gasteiger partial charge < -0.3 is 9.52 Å². The lowest BCUT2D eigenvalue weighted by Crippen LogP contribution is -2.10. The van der Waals surface area contributed by atoms with E-state index in [0.717, 1.165) is 16.7 Å². The van der Waals surface area contributed by atoms with E-state index in [2.05, 4.69) is 4.98 Å². The first-order valence-corrected chi connectivity index (χ1v) is 5.98. The van der Waals surface area contributed by atoms with Gasteiger partial charge in [0.05, 0.1) is 0 Å². The SMILES string of the molecule is CC(C)(C)c1nc2cc(CCC(=O)O)ccc2o1. The second-order valence-corrected chi connectivity index (χ2v) is 5.46. The second kappa shape index (κ2) is 4.44. The Morgan fingerprint density at radius 1 is 1.39 bits per heavy atom. The maximum atomic E-state index is 10.5. The zero-order valence-electron chi connectivity index (χ0n) is 10.9. The van der Waals surface area contributed by atoms with E-state index in [-0.39, 0.29) is 11.8 Å². The molecular weight excluding hydrogens is 230 g/mol. The number of fused-ring (bicyclic) bond motifs is 1. The van der Waals surface area contributed by atoms with Crippen LogP contribution < -0.4 is 0 Å². The summed E-state index contributed by atoms with van der Waals surface area (Å²) in [4.78, 5) is 15.0. The van der Waals surface area contributed by atoms with Crippen LogP contribution in [0.4, 0.5) is 0 Å². The Balaban J connectivity index is 2.31. The lowest BCUT2D eigenvalue weighted by molar-refractivity contribution is -0.136. The van der Waals surface area contributed by atoms with Gasteiger partial charge >= 0.3 is 5.97 Å². The third-order valence-corrected chi connectivity index (χ3v) is 2.72. The molecule has 0 radical (unpaired) electrons. The lowest BCUT2D eigenvalue weighted by atomic mass is 9.97. The summed E-state index contributed by atoms with van der Waals surface area (Å²) < 4.78 is 5.69. The molecule has 2 aromatic rings. The van der Waals surface area contributed by atoms with Crippen molar-refractivity contribution in [2.24, 2.45) is 0 Å². The molecule has 1 aromatic heterocycles. The molecular formula is C14H17NO3. The number of hydrogen-bond donors (Lipinski definition) is 1. The van der Waals surface area contributed by atoms with Crippen LogP contribution in [0.1, 0.15) is 38.6 Å². The third-order valence-electron chi connectivity index (χ3n) is 2.72. The molecule has 0 amide bonds. The fraction of sp³-hybridized carbons (Fsp3) is 0.429. The highest BCUT2D eigenvalue weighted by Crippen LogP contribution is 2.26. The Hall–Kier alpha value is -1.84. The summed E-state index contributed by atoms with van der Waals surface area (Å²) in [6.45, 7) is 6.13. The Kier molecular flexibility index (Phi) is 3.11. The molecule has 0 fully saturated rings. The van der Waals surface area contributed by atoms with Crippen LogP contribution in [0.2, 0.25) is 0 Å². The molecule has 2 rings (SSSR count). The Bertz CT molecular complexity index is 578. The molecule has 4 heteroatoms. The van der Waals surface area contributed by atoms with Crippen molar-refractivity contribution in [1.82, 2.24) is 4.98 Å². The van der Waals surface area contributed by atoms with E-state index >= 15 is 0 Å². The van der Waals surface area contributed by atoms with Gasteiger partial charge in [-0.2, -0.15) is 0 Å². The van der Waals surface area contributed by atoms with Gasteiger partial charge in [0, 0.05) is 11.8 Å². The van der Waals surface area contributed by atoms with Crippen molar-refractivity contribution >= 4 is 17.1 Å². The number of nitrogens with zero attached hydrogens (tertiary/aromatic N) is 1. The number of hydrogen-bond acceptors (Lipinski definition) is 3. The number of rotatable bonds is 3. The van der Waals surface area contributed by atoms with Crippen molar-refractivity contribution in [3.05, 3.63) is 29.7 Å². The molecule has 96 valence electrons. The first-order valence-electron chi connectivity index (χ1n) is 5.98. The van der Waals surface area contributed by atoms with E-state index in [9.17, 15) is 4.79 Å². The fourth-order valence-corrected chi connectivity index (χ4v) is 1.70. The minimum Gasteiger partial charge on any atom is -0.481 e. The molecule has 0 aliphatic heterocycles.